The average molecular weight is 315 g/mol. The van der Waals surface area contributed by atoms with E-state index in [1.807, 2.05) is 36.3 Å². The van der Waals surface area contributed by atoms with Crippen LogP contribution in [0.15, 0.2) is 22.0 Å². The lowest BCUT2D eigenvalue weighted by Crippen LogP contribution is -2.31. The molecule has 1 aliphatic heterocycles. The van der Waals surface area contributed by atoms with Gasteiger partial charge in [0.05, 0.1) is 22.0 Å². The van der Waals surface area contributed by atoms with E-state index < -0.39 is 0 Å². The van der Waals surface area contributed by atoms with Gasteiger partial charge in [-0.3, -0.25) is 4.79 Å². The fraction of sp³-hybridized carbons (Fsp3) is 0.375. The van der Waals surface area contributed by atoms with Crippen molar-refractivity contribution in [3.05, 3.63) is 40.2 Å². The Hall–Kier alpha value is -2.08. The molecule has 0 aliphatic carbocycles. The van der Waals surface area contributed by atoms with Gasteiger partial charge in [-0.1, -0.05) is 5.16 Å². The van der Waals surface area contributed by atoms with Gasteiger partial charge in [-0.25, -0.2) is 0 Å². The maximum Gasteiger partial charge on any atom is 0.270 e. The van der Waals surface area contributed by atoms with Gasteiger partial charge in [0.1, 0.15) is 11.5 Å². The second kappa shape index (κ2) is 4.98. The van der Waals surface area contributed by atoms with Crippen LogP contribution in [-0.2, 0) is 0 Å². The summed E-state index contributed by atoms with van der Waals surface area (Å²) in [6, 6.07) is 4.03. The first-order valence-corrected chi connectivity index (χ1v) is 8.33. The van der Waals surface area contributed by atoms with Crippen LogP contribution in [0.3, 0.4) is 0 Å². The van der Waals surface area contributed by atoms with Crippen molar-refractivity contribution in [2.75, 3.05) is 6.54 Å². The third kappa shape index (κ3) is 1.98. The summed E-state index contributed by atoms with van der Waals surface area (Å²) in [5.74, 6) is 0.876. The highest BCUT2D eigenvalue weighted by Crippen LogP contribution is 2.36. The van der Waals surface area contributed by atoms with Gasteiger partial charge in [-0.2, -0.15) is 0 Å². The summed E-state index contributed by atoms with van der Waals surface area (Å²) in [7, 11) is 0. The molecule has 0 radical (unpaired) electrons. The van der Waals surface area contributed by atoms with Crippen molar-refractivity contribution in [1.82, 2.24) is 15.0 Å². The van der Waals surface area contributed by atoms with Crippen LogP contribution in [0.4, 0.5) is 0 Å². The molecule has 1 amide bonds. The molecule has 1 saturated heterocycles. The summed E-state index contributed by atoms with van der Waals surface area (Å²) >= 11 is 1.64. The third-order valence-electron chi connectivity index (χ3n) is 4.41. The van der Waals surface area contributed by atoms with E-state index in [4.69, 9.17) is 4.52 Å². The van der Waals surface area contributed by atoms with Gasteiger partial charge in [0.15, 0.2) is 0 Å². The Bertz CT molecular complexity index is 797. The molecule has 0 aromatic carbocycles. The minimum Gasteiger partial charge on any atom is -0.361 e. The molecule has 1 N–H and O–H groups in total. The zero-order valence-corrected chi connectivity index (χ0v) is 13.4. The quantitative estimate of drug-likeness (QED) is 0.782. The van der Waals surface area contributed by atoms with Gasteiger partial charge < -0.3 is 14.4 Å². The Kier molecular flexibility index (Phi) is 3.07. The number of aromatic nitrogens is 2. The predicted molar refractivity (Wildman–Crippen MR) is 85.2 cm³/mol. The van der Waals surface area contributed by atoms with Crippen LogP contribution in [-0.4, -0.2) is 27.5 Å². The number of likely N-dealkylation sites (tertiary alicyclic amines) is 1. The van der Waals surface area contributed by atoms with Crippen LogP contribution < -0.4 is 0 Å². The van der Waals surface area contributed by atoms with Crippen molar-refractivity contribution in [3.8, 4) is 0 Å². The van der Waals surface area contributed by atoms with Crippen molar-refractivity contribution in [2.24, 2.45) is 0 Å². The van der Waals surface area contributed by atoms with E-state index in [0.717, 1.165) is 46.6 Å². The van der Waals surface area contributed by atoms with Gasteiger partial charge in [-0.15, -0.1) is 11.3 Å². The van der Waals surface area contributed by atoms with E-state index in [9.17, 15) is 4.79 Å². The smallest absolute Gasteiger partial charge is 0.270 e. The molecule has 114 valence electrons. The van der Waals surface area contributed by atoms with Crippen molar-refractivity contribution >= 4 is 27.5 Å². The van der Waals surface area contributed by atoms with Crippen LogP contribution in [0.1, 0.15) is 46.4 Å². The van der Waals surface area contributed by atoms with Crippen LogP contribution in [0.5, 0.6) is 0 Å². The summed E-state index contributed by atoms with van der Waals surface area (Å²) < 4.78 is 6.40. The number of aromatic amines is 1. The molecule has 22 heavy (non-hydrogen) atoms. The van der Waals surface area contributed by atoms with E-state index in [0.29, 0.717) is 5.69 Å². The number of carbonyl (C=O) groups excluding carboxylic acids is 1. The second-order valence-electron chi connectivity index (χ2n) is 5.78. The lowest BCUT2D eigenvalue weighted by atomic mass is 10.0. The molecule has 6 heteroatoms. The lowest BCUT2D eigenvalue weighted by Gasteiger charge is -2.24. The molecule has 4 rings (SSSR count). The summed E-state index contributed by atoms with van der Waals surface area (Å²) in [5, 5.41) is 6.06. The fourth-order valence-corrected chi connectivity index (χ4v) is 4.18. The minimum absolute atomic E-state index is 0.0610. The van der Waals surface area contributed by atoms with Gasteiger partial charge in [0.25, 0.3) is 5.91 Å². The highest BCUT2D eigenvalue weighted by Gasteiger charge is 2.34. The molecule has 0 spiro atoms. The number of nitrogens with zero attached hydrogens (tertiary/aromatic N) is 2. The highest BCUT2D eigenvalue weighted by molar-refractivity contribution is 7.17. The Balaban J connectivity index is 1.68. The number of aryl methyl sites for hydroxylation is 2. The first-order valence-electron chi connectivity index (χ1n) is 7.45. The topological polar surface area (TPSA) is 62.1 Å². The number of amides is 1. The fourth-order valence-electron chi connectivity index (χ4n) is 3.39. The summed E-state index contributed by atoms with van der Waals surface area (Å²) in [4.78, 5) is 18.1. The molecule has 1 fully saturated rings. The third-order valence-corrected chi connectivity index (χ3v) is 5.27. The summed E-state index contributed by atoms with van der Waals surface area (Å²) in [6.07, 6.45) is 1.97. The molecule has 3 aromatic heterocycles. The number of thiophene rings is 1. The average Bonchev–Trinajstić information content (AvgIpc) is 3.21. The van der Waals surface area contributed by atoms with Crippen LogP contribution in [0.2, 0.25) is 0 Å². The normalized spacial score (nSPS) is 18.5. The highest BCUT2D eigenvalue weighted by atomic mass is 32.1. The van der Waals surface area contributed by atoms with E-state index in [1.165, 1.54) is 0 Å². The maximum atomic E-state index is 12.9. The number of carbonyl (C=O) groups is 1. The van der Waals surface area contributed by atoms with E-state index in [1.54, 1.807) is 11.3 Å². The van der Waals surface area contributed by atoms with Crippen LogP contribution in [0, 0.1) is 13.8 Å². The van der Waals surface area contributed by atoms with Gasteiger partial charge in [0, 0.05) is 12.1 Å². The number of rotatable bonds is 2. The van der Waals surface area contributed by atoms with Gasteiger partial charge in [0.2, 0.25) is 0 Å². The van der Waals surface area contributed by atoms with Crippen molar-refractivity contribution in [2.45, 2.75) is 32.7 Å². The van der Waals surface area contributed by atoms with E-state index in [-0.39, 0.29) is 11.9 Å². The van der Waals surface area contributed by atoms with Crippen LogP contribution >= 0.6 is 11.3 Å². The molecule has 1 aliphatic rings. The molecule has 1 atom stereocenters. The number of nitrogens with one attached hydrogen (secondary N) is 1. The summed E-state index contributed by atoms with van der Waals surface area (Å²) in [5.41, 5.74) is 3.65. The first kappa shape index (κ1) is 13.6. The van der Waals surface area contributed by atoms with Crippen molar-refractivity contribution in [3.63, 3.8) is 0 Å². The Morgan fingerprint density at radius 1 is 1.50 bits per heavy atom. The molecular formula is C16H17N3O2S. The van der Waals surface area contributed by atoms with Crippen molar-refractivity contribution in [1.29, 1.82) is 0 Å². The number of hydrogen-bond donors (Lipinski definition) is 1. The monoisotopic (exact) mass is 315 g/mol. The van der Waals surface area contributed by atoms with Gasteiger partial charge >= 0.3 is 0 Å². The standard InChI is InChI=1S/C16H17N3O2S/c1-9-15(10(2)21-18-9)13-4-3-6-19(13)16(20)12-8-14-11(17-12)5-7-22-14/h5,7-8,13,17H,3-4,6H2,1-2H3/t13-/m0/s1. The first-order chi connectivity index (χ1) is 10.6. The molecular weight excluding hydrogens is 298 g/mol. The maximum absolute atomic E-state index is 12.9. The molecule has 5 nitrogen and oxygen atoms in total. The predicted octanol–water partition coefficient (Wildman–Crippen LogP) is 3.81. The molecule has 0 bridgehead atoms. The lowest BCUT2D eigenvalue weighted by molar-refractivity contribution is 0.0729. The van der Waals surface area contributed by atoms with E-state index in [2.05, 4.69) is 10.1 Å². The molecule has 0 unspecified atom stereocenters. The zero-order valence-electron chi connectivity index (χ0n) is 12.5. The Labute approximate surface area is 131 Å². The number of hydrogen-bond acceptors (Lipinski definition) is 4. The number of H-pyrrole nitrogens is 1. The Morgan fingerprint density at radius 3 is 3.09 bits per heavy atom. The molecule has 4 heterocycles. The van der Waals surface area contributed by atoms with Gasteiger partial charge in [-0.05, 0) is 44.2 Å². The second-order valence-corrected chi connectivity index (χ2v) is 6.72. The SMILES string of the molecule is Cc1noc(C)c1[C@@H]1CCCN1C(=O)c1cc2sccc2[nH]1. The minimum atomic E-state index is 0.0610. The molecule has 3 aromatic rings. The summed E-state index contributed by atoms with van der Waals surface area (Å²) in [6.45, 7) is 4.64. The Morgan fingerprint density at radius 2 is 2.36 bits per heavy atom. The van der Waals surface area contributed by atoms with Crippen LogP contribution in [0.25, 0.3) is 10.2 Å². The zero-order chi connectivity index (χ0) is 15.3. The van der Waals surface area contributed by atoms with Crippen molar-refractivity contribution < 1.29 is 9.32 Å². The van der Waals surface area contributed by atoms with E-state index >= 15 is 0 Å². The molecule has 0 saturated carbocycles. The largest absolute Gasteiger partial charge is 0.361 e. The number of fused-ring (bicyclic) bond motifs is 1.